The van der Waals surface area contributed by atoms with Gasteiger partial charge in [0.05, 0.1) is 11.1 Å². The number of ether oxygens (including phenoxy) is 1. The zero-order chi connectivity index (χ0) is 20.5. The standard InChI is InChI=1S/C25H20O3S/c1-15-14-20(17(3)29-15)16(2)21-23(25(27)28-24(21)26)22(18-10-6-4-7-11-18)19-12-8-5-9-13-19/h4-14H,1-3H3. The van der Waals surface area contributed by atoms with Crippen LogP contribution < -0.4 is 0 Å². The number of carbonyl (C=O) groups excluding carboxylic acids is 2. The van der Waals surface area contributed by atoms with Crippen molar-refractivity contribution in [3.8, 4) is 0 Å². The first kappa shape index (κ1) is 19.1. The molecule has 0 spiro atoms. The summed E-state index contributed by atoms with van der Waals surface area (Å²) < 4.78 is 5.11. The lowest BCUT2D eigenvalue weighted by molar-refractivity contribution is -0.149. The number of aryl methyl sites for hydroxylation is 2. The van der Waals surface area contributed by atoms with Crippen molar-refractivity contribution in [1.29, 1.82) is 0 Å². The van der Waals surface area contributed by atoms with Gasteiger partial charge in [0.15, 0.2) is 0 Å². The molecule has 0 amide bonds. The molecule has 3 nitrogen and oxygen atoms in total. The molecule has 0 N–H and O–H groups in total. The van der Waals surface area contributed by atoms with E-state index in [0.717, 1.165) is 32.0 Å². The van der Waals surface area contributed by atoms with Crippen molar-refractivity contribution in [3.63, 3.8) is 0 Å². The number of hydrogen-bond donors (Lipinski definition) is 0. The van der Waals surface area contributed by atoms with Gasteiger partial charge < -0.3 is 4.74 Å². The number of allylic oxidation sites excluding steroid dienone is 1. The van der Waals surface area contributed by atoms with Gasteiger partial charge in [-0.25, -0.2) is 9.59 Å². The lowest BCUT2D eigenvalue weighted by Crippen LogP contribution is -2.03. The third kappa shape index (κ3) is 3.47. The van der Waals surface area contributed by atoms with Gasteiger partial charge in [-0.3, -0.25) is 0 Å². The summed E-state index contributed by atoms with van der Waals surface area (Å²) in [4.78, 5) is 27.9. The first-order valence-electron chi connectivity index (χ1n) is 9.37. The van der Waals surface area contributed by atoms with Crippen LogP contribution in [-0.2, 0) is 14.3 Å². The van der Waals surface area contributed by atoms with Crippen LogP contribution in [0, 0.1) is 13.8 Å². The Morgan fingerprint density at radius 1 is 0.793 bits per heavy atom. The van der Waals surface area contributed by atoms with Crippen LogP contribution in [0.5, 0.6) is 0 Å². The number of rotatable bonds is 3. The molecule has 4 heteroatoms. The molecule has 0 bridgehead atoms. The van der Waals surface area contributed by atoms with E-state index in [2.05, 4.69) is 6.07 Å². The molecule has 1 fully saturated rings. The Morgan fingerprint density at radius 3 is 1.79 bits per heavy atom. The quantitative estimate of drug-likeness (QED) is 0.321. The third-order valence-corrected chi connectivity index (χ3v) is 6.00. The maximum Gasteiger partial charge on any atom is 0.347 e. The van der Waals surface area contributed by atoms with Gasteiger partial charge in [-0.2, -0.15) is 0 Å². The zero-order valence-electron chi connectivity index (χ0n) is 16.5. The fourth-order valence-corrected chi connectivity index (χ4v) is 4.74. The smallest absolute Gasteiger partial charge is 0.347 e. The molecule has 4 rings (SSSR count). The number of hydrogen-bond acceptors (Lipinski definition) is 4. The highest BCUT2D eigenvalue weighted by Crippen LogP contribution is 2.40. The van der Waals surface area contributed by atoms with Gasteiger partial charge in [-0.05, 0) is 49.1 Å². The van der Waals surface area contributed by atoms with Gasteiger partial charge in [0.25, 0.3) is 0 Å². The van der Waals surface area contributed by atoms with Crippen molar-refractivity contribution in [1.82, 2.24) is 0 Å². The van der Waals surface area contributed by atoms with Crippen LogP contribution in [0.25, 0.3) is 11.1 Å². The molecule has 1 aliphatic rings. The van der Waals surface area contributed by atoms with E-state index in [1.165, 1.54) is 0 Å². The minimum atomic E-state index is -0.600. The van der Waals surface area contributed by atoms with Crippen molar-refractivity contribution in [2.45, 2.75) is 20.8 Å². The van der Waals surface area contributed by atoms with E-state index in [1.807, 2.05) is 81.4 Å². The van der Waals surface area contributed by atoms with Crippen molar-refractivity contribution in [2.24, 2.45) is 0 Å². The predicted molar refractivity (Wildman–Crippen MR) is 116 cm³/mol. The number of carbonyl (C=O) groups is 2. The summed E-state index contributed by atoms with van der Waals surface area (Å²) in [5.74, 6) is -1.19. The van der Waals surface area contributed by atoms with Crippen LogP contribution >= 0.6 is 11.3 Å². The highest BCUT2D eigenvalue weighted by molar-refractivity contribution is 7.12. The summed E-state index contributed by atoms with van der Waals surface area (Å²) in [5, 5.41) is 0. The molecular formula is C25H20O3S. The molecule has 2 heterocycles. The fourth-order valence-electron chi connectivity index (χ4n) is 3.76. The first-order chi connectivity index (χ1) is 14.0. The highest BCUT2D eigenvalue weighted by atomic mass is 32.1. The molecule has 144 valence electrons. The van der Waals surface area contributed by atoms with Crippen LogP contribution in [0.3, 0.4) is 0 Å². The second-order valence-corrected chi connectivity index (χ2v) is 8.45. The first-order valence-corrected chi connectivity index (χ1v) is 10.2. The van der Waals surface area contributed by atoms with E-state index in [-0.39, 0.29) is 0 Å². The second-order valence-electron chi connectivity index (χ2n) is 6.99. The van der Waals surface area contributed by atoms with Gasteiger partial charge in [0, 0.05) is 15.3 Å². The van der Waals surface area contributed by atoms with E-state index < -0.39 is 11.9 Å². The Balaban J connectivity index is 2.07. The molecular weight excluding hydrogens is 380 g/mol. The monoisotopic (exact) mass is 400 g/mol. The van der Waals surface area contributed by atoms with Crippen molar-refractivity contribution in [2.75, 3.05) is 0 Å². The normalized spacial score (nSPS) is 15.5. The van der Waals surface area contributed by atoms with Gasteiger partial charge in [-0.1, -0.05) is 60.7 Å². The molecule has 0 unspecified atom stereocenters. The molecule has 0 aliphatic carbocycles. The van der Waals surface area contributed by atoms with Crippen molar-refractivity contribution >= 4 is 34.4 Å². The highest BCUT2D eigenvalue weighted by Gasteiger charge is 2.38. The second kappa shape index (κ2) is 7.64. The topological polar surface area (TPSA) is 43.4 Å². The number of thiophene rings is 1. The minimum Gasteiger partial charge on any atom is -0.386 e. The molecule has 29 heavy (non-hydrogen) atoms. The summed E-state index contributed by atoms with van der Waals surface area (Å²) in [6, 6.07) is 21.4. The summed E-state index contributed by atoms with van der Waals surface area (Å²) in [6.45, 7) is 5.95. The molecule has 1 aromatic heterocycles. The Kier molecular flexibility index (Phi) is 5.03. The average molecular weight is 400 g/mol. The fraction of sp³-hybridized carbons (Fsp3) is 0.120. The molecule has 0 saturated carbocycles. The van der Waals surface area contributed by atoms with E-state index in [4.69, 9.17) is 4.74 Å². The van der Waals surface area contributed by atoms with Crippen molar-refractivity contribution < 1.29 is 14.3 Å². The van der Waals surface area contributed by atoms with Crippen LogP contribution in [0.15, 0.2) is 77.9 Å². The average Bonchev–Trinajstić information content (AvgIpc) is 3.21. The summed E-state index contributed by atoms with van der Waals surface area (Å²) in [7, 11) is 0. The van der Waals surface area contributed by atoms with Gasteiger partial charge in [0.1, 0.15) is 0 Å². The Labute approximate surface area is 174 Å². The van der Waals surface area contributed by atoms with Gasteiger partial charge in [-0.15, -0.1) is 11.3 Å². The molecule has 0 radical (unpaired) electrons. The van der Waals surface area contributed by atoms with Gasteiger partial charge in [0.2, 0.25) is 0 Å². The van der Waals surface area contributed by atoms with Crippen LogP contribution in [0.1, 0.15) is 33.4 Å². The molecule has 0 atom stereocenters. The number of benzene rings is 2. The maximum absolute atomic E-state index is 12.9. The Morgan fingerprint density at radius 2 is 1.31 bits per heavy atom. The largest absolute Gasteiger partial charge is 0.386 e. The number of esters is 2. The predicted octanol–water partition coefficient (Wildman–Crippen LogP) is 5.72. The summed E-state index contributed by atoms with van der Waals surface area (Å²) in [6.07, 6.45) is 0. The zero-order valence-corrected chi connectivity index (χ0v) is 17.3. The molecule has 1 saturated heterocycles. The molecule has 3 aromatic rings. The van der Waals surface area contributed by atoms with Crippen LogP contribution in [0.4, 0.5) is 0 Å². The van der Waals surface area contributed by atoms with Crippen LogP contribution in [-0.4, -0.2) is 11.9 Å². The lowest BCUT2D eigenvalue weighted by Gasteiger charge is -2.12. The molecule has 2 aromatic carbocycles. The van der Waals surface area contributed by atoms with Crippen molar-refractivity contribution in [3.05, 3.63) is 104 Å². The lowest BCUT2D eigenvalue weighted by atomic mass is 9.87. The Bertz CT molecular complexity index is 1120. The van der Waals surface area contributed by atoms with Crippen LogP contribution in [0.2, 0.25) is 0 Å². The van der Waals surface area contributed by atoms with E-state index in [0.29, 0.717) is 16.7 Å². The van der Waals surface area contributed by atoms with E-state index in [1.54, 1.807) is 11.3 Å². The SMILES string of the molecule is CC(=C1C(=O)OC(=O)C1=C(c1ccccc1)c1ccccc1)c1cc(C)sc1C. The third-order valence-electron chi connectivity index (χ3n) is 5.04. The van der Waals surface area contributed by atoms with Gasteiger partial charge >= 0.3 is 11.9 Å². The maximum atomic E-state index is 12.9. The van der Waals surface area contributed by atoms with E-state index >= 15 is 0 Å². The molecule has 1 aliphatic heterocycles. The minimum absolute atomic E-state index is 0.327. The number of cyclic esters (lactones) is 2. The summed E-state index contributed by atoms with van der Waals surface area (Å²) in [5.41, 5.74) is 4.86. The Hall–Kier alpha value is -3.24. The summed E-state index contributed by atoms with van der Waals surface area (Å²) >= 11 is 1.67. The van der Waals surface area contributed by atoms with E-state index in [9.17, 15) is 9.59 Å².